The Balaban J connectivity index is 1.25. The molecule has 39 heavy (non-hydrogen) atoms. The molecule has 0 N–H and O–H groups in total. The predicted octanol–water partition coefficient (Wildman–Crippen LogP) is 5.82. The summed E-state index contributed by atoms with van der Waals surface area (Å²) in [4.78, 5) is 30.8. The molecule has 0 atom stereocenters. The van der Waals surface area contributed by atoms with Gasteiger partial charge in [0.05, 0.1) is 10.3 Å². The zero-order chi connectivity index (χ0) is 27.2. The van der Waals surface area contributed by atoms with Gasteiger partial charge in [-0.15, -0.1) is 0 Å². The van der Waals surface area contributed by atoms with E-state index < -0.39 is 26.1 Å². The number of rotatable bonds is 7. The molecule has 1 fully saturated rings. The third-order valence-corrected chi connectivity index (χ3v) is 9.88. The van der Waals surface area contributed by atoms with Crippen molar-refractivity contribution in [3.8, 4) is 28.3 Å². The van der Waals surface area contributed by atoms with Crippen molar-refractivity contribution in [3.05, 3.63) is 101 Å². The van der Waals surface area contributed by atoms with Crippen molar-refractivity contribution >= 4 is 27.5 Å². The fourth-order valence-electron chi connectivity index (χ4n) is 4.63. The van der Waals surface area contributed by atoms with Gasteiger partial charge < -0.3 is 9.15 Å². The molecular weight excluding hydrogens is 514 g/mol. The van der Waals surface area contributed by atoms with Crippen molar-refractivity contribution in [2.24, 2.45) is 0 Å². The molecule has 0 bridgehead atoms. The summed E-state index contributed by atoms with van der Waals surface area (Å²) in [5.74, 6) is -0.284. The Morgan fingerprint density at radius 3 is 2.49 bits per heavy atom. The Morgan fingerprint density at radius 2 is 1.72 bits per heavy atom. The molecule has 6 rings (SSSR count). The number of oxazole rings is 1. The highest BCUT2D eigenvalue weighted by molar-refractivity contribution is 7.93. The van der Waals surface area contributed by atoms with Gasteiger partial charge in [0.1, 0.15) is 30.1 Å². The van der Waals surface area contributed by atoms with Crippen molar-refractivity contribution in [3.63, 3.8) is 0 Å². The lowest BCUT2D eigenvalue weighted by molar-refractivity contribution is 0.0997. The van der Waals surface area contributed by atoms with Gasteiger partial charge in [-0.3, -0.25) is 9.59 Å². The number of aromatic nitrogens is 1. The number of hydrogen-bond donors (Lipinski definition) is 0. The topological polar surface area (TPSA) is 104 Å². The second-order valence-electron chi connectivity index (χ2n) is 10.1. The minimum absolute atomic E-state index is 0.0558. The number of carbonyl (C=O) groups excluding carboxylic acids is 2. The van der Waals surface area contributed by atoms with E-state index in [1.807, 2.05) is 30.3 Å². The van der Waals surface area contributed by atoms with Crippen LogP contribution in [0.15, 0.2) is 89.0 Å². The monoisotopic (exact) mass is 539 g/mol. The maximum Gasteiger partial charge on any atom is 0.226 e. The maximum absolute atomic E-state index is 13.2. The van der Waals surface area contributed by atoms with E-state index in [0.29, 0.717) is 58.0 Å². The molecule has 1 aliphatic carbocycles. The minimum Gasteiger partial charge on any atom is -0.488 e. The molecule has 4 aromatic rings. The fourth-order valence-corrected chi connectivity index (χ4v) is 6.21. The number of benzene rings is 3. The zero-order valence-electron chi connectivity index (χ0n) is 21.2. The highest BCUT2D eigenvalue weighted by atomic mass is 32.2. The van der Waals surface area contributed by atoms with Gasteiger partial charge >= 0.3 is 0 Å². The smallest absolute Gasteiger partial charge is 0.226 e. The van der Waals surface area contributed by atoms with E-state index >= 15 is 0 Å². The number of hydrogen-bond acceptors (Lipinski definition) is 7. The summed E-state index contributed by atoms with van der Waals surface area (Å²) in [6.07, 6.45) is 4.33. The molecule has 0 radical (unpaired) electrons. The number of ether oxygens (including phenoxy) is 1. The first-order valence-corrected chi connectivity index (χ1v) is 14.3. The molecule has 1 saturated carbocycles. The average molecular weight is 540 g/mol. The lowest BCUT2D eigenvalue weighted by atomic mass is 9.93. The lowest BCUT2D eigenvalue weighted by Gasteiger charge is -2.20. The summed E-state index contributed by atoms with van der Waals surface area (Å²) < 4.78 is 36.1. The van der Waals surface area contributed by atoms with Gasteiger partial charge in [-0.25, -0.2) is 13.4 Å². The van der Waals surface area contributed by atoms with Crippen molar-refractivity contribution < 1.29 is 27.2 Å². The molecule has 0 amide bonds. The average Bonchev–Trinajstić information content (AvgIpc) is 3.55. The third-order valence-electron chi connectivity index (χ3n) is 7.33. The van der Waals surface area contributed by atoms with E-state index in [1.54, 1.807) is 55.5 Å². The van der Waals surface area contributed by atoms with Crippen LogP contribution in [0.25, 0.3) is 28.7 Å². The summed E-state index contributed by atoms with van der Waals surface area (Å²) in [5, 5.41) is 0. The molecule has 7 nitrogen and oxygen atoms in total. The van der Waals surface area contributed by atoms with Crippen LogP contribution in [0.3, 0.4) is 0 Å². The first-order valence-electron chi connectivity index (χ1n) is 12.6. The van der Waals surface area contributed by atoms with Crippen LogP contribution in [-0.4, -0.2) is 42.1 Å². The van der Waals surface area contributed by atoms with Crippen LogP contribution in [0.5, 0.6) is 5.75 Å². The molecule has 196 valence electrons. The van der Waals surface area contributed by atoms with E-state index in [2.05, 4.69) is 4.98 Å². The van der Waals surface area contributed by atoms with E-state index in [0.717, 1.165) is 5.56 Å². The third kappa shape index (κ3) is 4.72. The van der Waals surface area contributed by atoms with E-state index in [1.165, 1.54) is 6.26 Å². The van der Waals surface area contributed by atoms with Crippen LogP contribution in [0, 0.1) is 0 Å². The number of Topliss-reactive ketones (excluding diaryl/α,β-unsaturated/α-hetero) is 2. The Hall–Kier alpha value is -4.30. The molecule has 0 unspecified atom stereocenters. The Morgan fingerprint density at radius 1 is 0.974 bits per heavy atom. The maximum atomic E-state index is 13.2. The Labute approximate surface area is 226 Å². The van der Waals surface area contributed by atoms with E-state index in [-0.39, 0.29) is 12.4 Å². The van der Waals surface area contributed by atoms with Crippen LogP contribution < -0.4 is 4.74 Å². The molecular formula is C31H25NO6S. The van der Waals surface area contributed by atoms with Gasteiger partial charge in [0.25, 0.3) is 0 Å². The normalized spacial score (nSPS) is 16.9. The highest BCUT2D eigenvalue weighted by Crippen LogP contribution is 2.43. The van der Waals surface area contributed by atoms with Gasteiger partial charge in [0.15, 0.2) is 21.4 Å². The Bertz CT molecular complexity index is 1750. The summed E-state index contributed by atoms with van der Waals surface area (Å²) in [7, 11) is -3.54. The fraction of sp³-hybridized carbons (Fsp3) is 0.194. The van der Waals surface area contributed by atoms with Crippen molar-refractivity contribution in [2.75, 3.05) is 12.4 Å². The Kier molecular flexibility index (Phi) is 6.07. The number of fused-ring (bicyclic) bond motifs is 1. The number of sulfone groups is 1. The highest BCUT2D eigenvalue weighted by Gasteiger charge is 2.50. The van der Waals surface area contributed by atoms with Crippen molar-refractivity contribution in [1.82, 2.24) is 4.98 Å². The number of ketones is 2. The minimum atomic E-state index is -3.54. The largest absolute Gasteiger partial charge is 0.488 e. The van der Waals surface area contributed by atoms with Crippen LogP contribution >= 0.6 is 0 Å². The van der Waals surface area contributed by atoms with Gasteiger partial charge in [-0.1, -0.05) is 48.5 Å². The van der Waals surface area contributed by atoms with Gasteiger partial charge in [-0.2, -0.15) is 0 Å². The molecule has 1 aliphatic heterocycles. The van der Waals surface area contributed by atoms with E-state index in [9.17, 15) is 18.0 Å². The number of carbonyl (C=O) groups is 2. The second kappa shape index (κ2) is 9.47. The quantitative estimate of drug-likeness (QED) is 0.215. The predicted molar refractivity (Wildman–Crippen MR) is 147 cm³/mol. The van der Waals surface area contributed by atoms with E-state index in [4.69, 9.17) is 9.15 Å². The standard InChI is InChI=1S/C31H25NO6S/c1-31(13-14-31)39(35,36)19-27(33)25-10-6-5-9-24(25)21-11-12-26-28(16-21)37-17-22(29(26)34)15-23-18-38-30(32-23)20-7-3-2-4-8-20/h2-12,15-16,18H,13-14,17,19H2,1H3/b22-15+. The van der Waals surface area contributed by atoms with Crippen LogP contribution in [-0.2, 0) is 9.84 Å². The molecule has 1 aromatic heterocycles. The van der Waals surface area contributed by atoms with Crippen LogP contribution in [0.4, 0.5) is 0 Å². The summed E-state index contributed by atoms with van der Waals surface area (Å²) >= 11 is 0. The molecule has 2 aliphatic rings. The summed E-state index contributed by atoms with van der Waals surface area (Å²) in [6.45, 7) is 1.74. The first kappa shape index (κ1) is 25.0. The molecule has 8 heteroatoms. The van der Waals surface area contributed by atoms with Crippen LogP contribution in [0.1, 0.15) is 46.2 Å². The molecule has 2 heterocycles. The van der Waals surface area contributed by atoms with Crippen LogP contribution in [0.2, 0.25) is 0 Å². The van der Waals surface area contributed by atoms with Gasteiger partial charge in [-0.05, 0) is 61.2 Å². The molecule has 0 spiro atoms. The van der Waals surface area contributed by atoms with Crippen molar-refractivity contribution in [1.29, 1.82) is 0 Å². The molecule has 3 aromatic carbocycles. The molecule has 0 saturated heterocycles. The van der Waals surface area contributed by atoms with Crippen molar-refractivity contribution in [2.45, 2.75) is 24.5 Å². The zero-order valence-corrected chi connectivity index (χ0v) is 22.0. The number of nitrogens with zero attached hydrogens (tertiary/aromatic N) is 1. The van der Waals surface area contributed by atoms with Gasteiger partial charge in [0, 0.05) is 16.7 Å². The lowest BCUT2D eigenvalue weighted by Crippen LogP contribution is -2.27. The second-order valence-corrected chi connectivity index (χ2v) is 12.6. The summed E-state index contributed by atoms with van der Waals surface area (Å²) in [6, 6.07) is 21.5. The van der Waals surface area contributed by atoms with Gasteiger partial charge in [0.2, 0.25) is 5.89 Å². The first-order chi connectivity index (χ1) is 18.7. The summed E-state index contributed by atoms with van der Waals surface area (Å²) in [5.41, 5.74) is 3.78. The SMILES string of the molecule is CC1(S(=O)(=O)CC(=O)c2ccccc2-c2ccc3c(c2)OC/C(=C\c2coc(-c4ccccc4)n2)C3=O)CC1.